The molecule has 2 heterocycles. The molecule has 0 radical (unpaired) electrons. The molecule has 0 amide bonds. The second-order valence-electron chi connectivity index (χ2n) is 5.29. The molecule has 120 valence electrons. The molecule has 0 atom stereocenters. The fraction of sp³-hybridized carbons (Fsp3) is 0.0588. The van der Waals surface area contributed by atoms with E-state index in [1.54, 1.807) is 48.5 Å². The molecule has 0 aliphatic heterocycles. The van der Waals surface area contributed by atoms with E-state index in [4.69, 9.17) is 11.6 Å². The maximum absolute atomic E-state index is 13.4. The third-order valence-corrected chi connectivity index (χ3v) is 3.92. The van der Waals surface area contributed by atoms with Gasteiger partial charge in [-0.25, -0.2) is 9.67 Å². The largest absolute Gasteiger partial charge is 0.435 e. The normalized spacial score (nSPS) is 12.2. The summed E-state index contributed by atoms with van der Waals surface area (Å²) in [6, 6.07) is 14.9. The number of hydrogen-bond donors (Lipinski definition) is 0. The molecule has 0 N–H and O–H groups in total. The monoisotopic (exact) mass is 347 g/mol. The Morgan fingerprint density at radius 3 is 2.42 bits per heavy atom. The predicted octanol–water partition coefficient (Wildman–Crippen LogP) is 5.25. The average molecular weight is 348 g/mol. The summed E-state index contributed by atoms with van der Waals surface area (Å²) in [6.45, 7) is 0. The molecule has 0 saturated carbocycles. The lowest BCUT2D eigenvalue weighted by molar-refractivity contribution is -0.140. The van der Waals surface area contributed by atoms with Crippen molar-refractivity contribution in [2.24, 2.45) is 0 Å². The average Bonchev–Trinajstić information content (AvgIpc) is 2.92. The minimum atomic E-state index is -4.58. The molecular formula is C17H9ClF3N3. The summed E-state index contributed by atoms with van der Waals surface area (Å²) < 4.78 is 41.4. The van der Waals surface area contributed by atoms with Gasteiger partial charge in [0.1, 0.15) is 0 Å². The number of benzene rings is 2. The van der Waals surface area contributed by atoms with Gasteiger partial charge in [-0.3, -0.25) is 0 Å². The van der Waals surface area contributed by atoms with Gasteiger partial charge in [0, 0.05) is 10.4 Å². The molecule has 3 nitrogen and oxygen atoms in total. The predicted molar refractivity (Wildman–Crippen MR) is 86.4 cm³/mol. The van der Waals surface area contributed by atoms with Crippen molar-refractivity contribution in [1.29, 1.82) is 0 Å². The number of pyridine rings is 1. The summed E-state index contributed by atoms with van der Waals surface area (Å²) in [5.41, 5.74) is 0.260. The molecule has 0 aliphatic carbocycles. The van der Waals surface area contributed by atoms with Crippen LogP contribution in [0, 0.1) is 0 Å². The molecule has 0 bridgehead atoms. The lowest BCUT2D eigenvalue weighted by Crippen LogP contribution is -2.07. The Kier molecular flexibility index (Phi) is 3.25. The smallest absolute Gasteiger partial charge is 0.228 e. The van der Waals surface area contributed by atoms with Gasteiger partial charge in [-0.1, -0.05) is 29.8 Å². The number of rotatable bonds is 1. The highest BCUT2D eigenvalue weighted by Crippen LogP contribution is 2.36. The summed E-state index contributed by atoms with van der Waals surface area (Å²) in [5.74, 6) is 0. The summed E-state index contributed by atoms with van der Waals surface area (Å²) in [4.78, 5) is 4.37. The second-order valence-corrected chi connectivity index (χ2v) is 5.73. The van der Waals surface area contributed by atoms with Gasteiger partial charge in [0.15, 0.2) is 11.3 Å². The van der Waals surface area contributed by atoms with Gasteiger partial charge in [-0.15, -0.1) is 0 Å². The molecule has 24 heavy (non-hydrogen) atoms. The van der Waals surface area contributed by atoms with Crippen LogP contribution in [0.2, 0.25) is 5.02 Å². The van der Waals surface area contributed by atoms with Crippen molar-refractivity contribution in [2.45, 2.75) is 6.18 Å². The minimum absolute atomic E-state index is 0.0545. The quantitative estimate of drug-likeness (QED) is 0.471. The fourth-order valence-electron chi connectivity index (χ4n) is 2.63. The first-order chi connectivity index (χ1) is 11.4. The number of para-hydroxylation sites is 1. The first-order valence-electron chi connectivity index (χ1n) is 7.05. The number of aromatic nitrogens is 3. The molecule has 0 spiro atoms. The van der Waals surface area contributed by atoms with Gasteiger partial charge in [0.05, 0.1) is 16.6 Å². The lowest BCUT2D eigenvalue weighted by atomic mass is 10.1. The Bertz CT molecular complexity index is 1060. The first-order valence-corrected chi connectivity index (χ1v) is 7.43. The molecule has 4 rings (SSSR count). The summed E-state index contributed by atoms with van der Waals surface area (Å²) in [7, 11) is 0. The van der Waals surface area contributed by atoms with Crippen molar-refractivity contribution in [3.05, 3.63) is 65.3 Å². The van der Waals surface area contributed by atoms with Crippen molar-refractivity contribution in [3.63, 3.8) is 0 Å². The van der Waals surface area contributed by atoms with Crippen LogP contribution in [0.5, 0.6) is 0 Å². The maximum Gasteiger partial charge on any atom is 0.435 e. The molecule has 0 saturated heterocycles. The second kappa shape index (κ2) is 5.21. The number of nitrogens with zero attached hydrogens (tertiary/aromatic N) is 3. The zero-order valence-corrected chi connectivity index (χ0v) is 12.8. The van der Waals surface area contributed by atoms with Gasteiger partial charge >= 0.3 is 6.18 Å². The van der Waals surface area contributed by atoms with Crippen LogP contribution < -0.4 is 0 Å². The highest BCUT2D eigenvalue weighted by Gasteiger charge is 2.37. The van der Waals surface area contributed by atoms with E-state index in [9.17, 15) is 13.2 Å². The molecule has 4 aromatic rings. The zero-order valence-electron chi connectivity index (χ0n) is 12.0. The van der Waals surface area contributed by atoms with Crippen LogP contribution in [0.25, 0.3) is 27.6 Å². The summed E-state index contributed by atoms with van der Waals surface area (Å²) >= 11 is 5.93. The summed E-state index contributed by atoms with van der Waals surface area (Å²) in [5, 5.41) is 4.69. The van der Waals surface area contributed by atoms with Crippen molar-refractivity contribution in [3.8, 4) is 5.69 Å². The topological polar surface area (TPSA) is 30.7 Å². The van der Waals surface area contributed by atoms with Gasteiger partial charge in [-0.2, -0.15) is 18.3 Å². The number of halogens is 4. The third-order valence-electron chi connectivity index (χ3n) is 3.68. The van der Waals surface area contributed by atoms with Gasteiger partial charge in [0.2, 0.25) is 0 Å². The van der Waals surface area contributed by atoms with E-state index in [0.717, 1.165) is 0 Å². The van der Waals surface area contributed by atoms with E-state index < -0.39 is 11.9 Å². The van der Waals surface area contributed by atoms with Crippen molar-refractivity contribution in [2.75, 3.05) is 0 Å². The van der Waals surface area contributed by atoms with E-state index in [0.29, 0.717) is 21.6 Å². The van der Waals surface area contributed by atoms with Crippen molar-refractivity contribution in [1.82, 2.24) is 14.8 Å². The van der Waals surface area contributed by atoms with Crippen LogP contribution >= 0.6 is 11.6 Å². The Hall–Kier alpha value is -2.60. The molecule has 0 unspecified atom stereocenters. The fourth-order valence-corrected chi connectivity index (χ4v) is 2.81. The van der Waals surface area contributed by atoms with E-state index in [-0.39, 0.29) is 11.0 Å². The number of fused-ring (bicyclic) bond motifs is 2. The highest BCUT2D eigenvalue weighted by atomic mass is 35.5. The van der Waals surface area contributed by atoms with E-state index >= 15 is 0 Å². The van der Waals surface area contributed by atoms with Crippen LogP contribution in [0.15, 0.2) is 54.6 Å². The molecule has 7 heteroatoms. The Balaban J connectivity index is 2.12. The van der Waals surface area contributed by atoms with Gasteiger partial charge in [-0.05, 0) is 36.4 Å². The molecule has 0 aliphatic rings. The van der Waals surface area contributed by atoms with Crippen molar-refractivity contribution >= 4 is 33.5 Å². The Morgan fingerprint density at radius 2 is 1.71 bits per heavy atom. The van der Waals surface area contributed by atoms with E-state index in [1.165, 1.54) is 10.7 Å². The lowest BCUT2D eigenvalue weighted by Gasteiger charge is -2.03. The zero-order chi connectivity index (χ0) is 16.9. The molecule has 0 fully saturated rings. The Morgan fingerprint density at radius 1 is 0.958 bits per heavy atom. The molecular weight excluding hydrogens is 339 g/mol. The SMILES string of the molecule is FC(F)(F)c1nn(-c2ccccc2)c2nc3ccc(Cl)cc3cc12. The van der Waals surface area contributed by atoms with Gasteiger partial charge in [0.25, 0.3) is 0 Å². The van der Waals surface area contributed by atoms with Crippen LogP contribution in [0.4, 0.5) is 13.2 Å². The van der Waals surface area contributed by atoms with E-state index in [2.05, 4.69) is 10.1 Å². The standard InChI is InChI=1S/C17H9ClF3N3/c18-11-6-7-14-10(8-11)9-13-15(17(19,20)21)23-24(16(13)22-14)12-4-2-1-3-5-12/h1-9H. The Labute approximate surface area is 139 Å². The first kappa shape index (κ1) is 15.0. The minimum Gasteiger partial charge on any atom is -0.228 e. The summed E-state index contributed by atoms with van der Waals surface area (Å²) in [6.07, 6.45) is -4.58. The maximum atomic E-state index is 13.4. The third kappa shape index (κ3) is 2.39. The van der Waals surface area contributed by atoms with Crippen LogP contribution in [-0.4, -0.2) is 14.8 Å². The molecule has 2 aromatic heterocycles. The van der Waals surface area contributed by atoms with Crippen LogP contribution in [0.1, 0.15) is 5.69 Å². The highest BCUT2D eigenvalue weighted by molar-refractivity contribution is 6.31. The van der Waals surface area contributed by atoms with E-state index in [1.807, 2.05) is 0 Å². The van der Waals surface area contributed by atoms with Crippen LogP contribution in [-0.2, 0) is 6.18 Å². The number of hydrogen-bond acceptors (Lipinski definition) is 2. The van der Waals surface area contributed by atoms with Crippen LogP contribution in [0.3, 0.4) is 0 Å². The van der Waals surface area contributed by atoms with Crippen molar-refractivity contribution < 1.29 is 13.2 Å². The number of alkyl halides is 3. The van der Waals surface area contributed by atoms with Gasteiger partial charge < -0.3 is 0 Å². The molecule has 2 aromatic carbocycles.